The summed E-state index contributed by atoms with van der Waals surface area (Å²) in [4.78, 5) is 2.01. The predicted octanol–water partition coefficient (Wildman–Crippen LogP) is 4.12. The van der Waals surface area contributed by atoms with Crippen molar-refractivity contribution in [2.75, 3.05) is 19.0 Å². The third-order valence-electron chi connectivity index (χ3n) is 4.85. The highest BCUT2D eigenvalue weighted by molar-refractivity contribution is 5.87. The molecule has 1 atom stereocenters. The van der Waals surface area contributed by atoms with Gasteiger partial charge in [0, 0.05) is 31.4 Å². The lowest BCUT2D eigenvalue weighted by molar-refractivity contribution is 0.394. The van der Waals surface area contributed by atoms with Gasteiger partial charge >= 0.3 is 0 Å². The van der Waals surface area contributed by atoms with Crippen LogP contribution in [0.15, 0.2) is 72.1 Å². The van der Waals surface area contributed by atoms with E-state index in [1.54, 1.807) is 0 Å². The molecule has 4 rings (SSSR count). The van der Waals surface area contributed by atoms with Gasteiger partial charge in [-0.3, -0.25) is 0 Å². The quantitative estimate of drug-likeness (QED) is 0.761. The van der Waals surface area contributed by atoms with Gasteiger partial charge < -0.3 is 15.4 Å². The Balaban J connectivity index is 1.99. The monoisotopic (exact) mass is 341 g/mol. The molecule has 0 spiro atoms. The highest BCUT2D eigenvalue weighted by Gasteiger charge is 2.31. The summed E-state index contributed by atoms with van der Waals surface area (Å²) >= 11 is 0. The Bertz CT molecular complexity index is 1070. The van der Waals surface area contributed by atoms with Crippen molar-refractivity contribution >= 4 is 16.5 Å². The smallest absolute Gasteiger partial charge is 0.205 e. The van der Waals surface area contributed by atoms with Crippen molar-refractivity contribution in [1.82, 2.24) is 0 Å². The third kappa shape index (κ3) is 2.46. The first kappa shape index (κ1) is 16.0. The van der Waals surface area contributed by atoms with Gasteiger partial charge in [0.05, 0.1) is 5.92 Å². The Morgan fingerprint density at radius 1 is 1.00 bits per heavy atom. The maximum atomic E-state index is 9.76. The topological polar surface area (TPSA) is 62.3 Å². The lowest BCUT2D eigenvalue weighted by atomic mass is 9.81. The molecule has 2 N–H and O–H groups in total. The van der Waals surface area contributed by atoms with E-state index in [1.165, 1.54) is 0 Å². The Hall–Kier alpha value is -3.45. The highest BCUT2D eigenvalue weighted by atomic mass is 16.5. The number of rotatable bonds is 2. The van der Waals surface area contributed by atoms with Crippen molar-refractivity contribution in [3.05, 3.63) is 83.2 Å². The van der Waals surface area contributed by atoms with Gasteiger partial charge in [-0.25, -0.2) is 0 Å². The zero-order valence-electron chi connectivity index (χ0n) is 14.7. The fourth-order valence-corrected chi connectivity index (χ4v) is 3.54. The number of anilines is 1. The number of nitrogens with two attached hydrogens (primary N) is 1. The van der Waals surface area contributed by atoms with E-state index in [4.69, 9.17) is 10.5 Å². The van der Waals surface area contributed by atoms with Crippen LogP contribution in [0.5, 0.6) is 5.75 Å². The summed E-state index contributed by atoms with van der Waals surface area (Å²) in [5.41, 5.74) is 9.61. The molecule has 1 aliphatic heterocycles. The zero-order chi connectivity index (χ0) is 18.3. The van der Waals surface area contributed by atoms with Crippen LogP contribution >= 0.6 is 0 Å². The van der Waals surface area contributed by atoms with E-state index >= 15 is 0 Å². The first-order valence-electron chi connectivity index (χ1n) is 8.46. The highest BCUT2D eigenvalue weighted by Crippen LogP contribution is 2.45. The Morgan fingerprint density at radius 2 is 1.77 bits per heavy atom. The molecule has 0 saturated carbocycles. The van der Waals surface area contributed by atoms with Crippen LogP contribution in [0.4, 0.5) is 5.69 Å². The average molecular weight is 341 g/mol. The maximum absolute atomic E-state index is 9.76. The molecule has 0 amide bonds. The fraction of sp³-hybridized carbons (Fsp3) is 0.136. The molecular formula is C22H19N3O. The van der Waals surface area contributed by atoms with E-state index in [1.807, 2.05) is 55.4 Å². The van der Waals surface area contributed by atoms with Crippen molar-refractivity contribution in [2.45, 2.75) is 5.92 Å². The number of fused-ring (bicyclic) bond motifs is 2. The Kier molecular flexibility index (Phi) is 3.78. The number of nitriles is 1. The van der Waals surface area contributed by atoms with Crippen molar-refractivity contribution < 1.29 is 4.74 Å². The molecule has 0 bridgehead atoms. The number of allylic oxidation sites excluding steroid dienone is 1. The van der Waals surface area contributed by atoms with Crippen LogP contribution in [-0.4, -0.2) is 14.1 Å². The van der Waals surface area contributed by atoms with Gasteiger partial charge in [-0.1, -0.05) is 48.5 Å². The van der Waals surface area contributed by atoms with Gasteiger partial charge in [-0.05, 0) is 22.4 Å². The summed E-state index contributed by atoms with van der Waals surface area (Å²) in [6.45, 7) is 0. The van der Waals surface area contributed by atoms with Crippen molar-refractivity contribution in [3.8, 4) is 11.8 Å². The van der Waals surface area contributed by atoms with Crippen LogP contribution in [0.3, 0.4) is 0 Å². The van der Waals surface area contributed by atoms with Gasteiger partial charge in [-0.15, -0.1) is 0 Å². The summed E-state index contributed by atoms with van der Waals surface area (Å²) in [6.07, 6.45) is 0. The van der Waals surface area contributed by atoms with Gasteiger partial charge in [0.25, 0.3) is 0 Å². The molecule has 1 aliphatic rings. The van der Waals surface area contributed by atoms with Gasteiger partial charge in [-0.2, -0.15) is 5.26 Å². The van der Waals surface area contributed by atoms with Crippen molar-refractivity contribution in [2.24, 2.45) is 5.73 Å². The fourth-order valence-electron chi connectivity index (χ4n) is 3.54. The molecule has 4 nitrogen and oxygen atoms in total. The third-order valence-corrected chi connectivity index (χ3v) is 4.85. The van der Waals surface area contributed by atoms with E-state index in [9.17, 15) is 5.26 Å². The van der Waals surface area contributed by atoms with Gasteiger partial charge in [0.15, 0.2) is 0 Å². The Labute approximate surface area is 152 Å². The minimum atomic E-state index is -0.244. The number of benzene rings is 3. The van der Waals surface area contributed by atoms with E-state index < -0.39 is 0 Å². The van der Waals surface area contributed by atoms with E-state index in [0.717, 1.165) is 27.6 Å². The van der Waals surface area contributed by atoms with Crippen LogP contribution in [-0.2, 0) is 0 Å². The summed E-state index contributed by atoms with van der Waals surface area (Å²) in [6, 6.07) is 22.6. The van der Waals surface area contributed by atoms with Crippen LogP contribution in [0.2, 0.25) is 0 Å². The second kappa shape index (κ2) is 6.12. The summed E-state index contributed by atoms with van der Waals surface area (Å²) in [7, 11) is 3.96. The van der Waals surface area contributed by atoms with Crippen molar-refractivity contribution in [3.63, 3.8) is 0 Å². The molecule has 3 aromatic carbocycles. The molecule has 26 heavy (non-hydrogen) atoms. The molecule has 128 valence electrons. The molecule has 3 aromatic rings. The predicted molar refractivity (Wildman–Crippen MR) is 104 cm³/mol. The summed E-state index contributed by atoms with van der Waals surface area (Å²) in [5.74, 6) is 0.630. The van der Waals surface area contributed by atoms with E-state index in [-0.39, 0.29) is 11.8 Å². The van der Waals surface area contributed by atoms with E-state index in [2.05, 4.69) is 30.3 Å². The SMILES string of the molecule is CN(C)c1ccc2c(c1)OC(N)=C(C#N)[C@H]2c1cccc2ccccc12. The first-order valence-corrected chi connectivity index (χ1v) is 8.46. The molecule has 0 saturated heterocycles. The summed E-state index contributed by atoms with van der Waals surface area (Å²) in [5, 5.41) is 12.0. The molecule has 0 aromatic heterocycles. The molecule has 1 heterocycles. The zero-order valence-corrected chi connectivity index (χ0v) is 14.7. The lowest BCUT2D eigenvalue weighted by Gasteiger charge is -2.28. The number of ether oxygens (including phenoxy) is 1. The van der Waals surface area contributed by atoms with Gasteiger partial charge in [0.1, 0.15) is 17.4 Å². The molecular weight excluding hydrogens is 322 g/mol. The van der Waals surface area contributed by atoms with Crippen LogP contribution in [0.1, 0.15) is 17.0 Å². The van der Waals surface area contributed by atoms with Crippen molar-refractivity contribution in [1.29, 1.82) is 5.26 Å². The Morgan fingerprint density at radius 3 is 2.54 bits per heavy atom. The number of nitrogens with zero attached hydrogens (tertiary/aromatic N) is 2. The minimum Gasteiger partial charge on any atom is -0.440 e. The minimum absolute atomic E-state index is 0.175. The largest absolute Gasteiger partial charge is 0.440 e. The van der Waals surface area contributed by atoms with Crippen LogP contribution < -0.4 is 15.4 Å². The van der Waals surface area contributed by atoms with E-state index in [0.29, 0.717) is 11.3 Å². The van der Waals surface area contributed by atoms with Gasteiger partial charge in [0.2, 0.25) is 5.88 Å². The molecule has 0 fully saturated rings. The van der Waals surface area contributed by atoms with Crippen LogP contribution in [0, 0.1) is 11.3 Å². The molecule has 0 radical (unpaired) electrons. The first-order chi connectivity index (χ1) is 12.6. The lowest BCUT2D eigenvalue weighted by Crippen LogP contribution is -2.21. The molecule has 0 aliphatic carbocycles. The molecule has 4 heteroatoms. The van der Waals surface area contributed by atoms with Crippen LogP contribution in [0.25, 0.3) is 10.8 Å². The number of hydrogen-bond acceptors (Lipinski definition) is 4. The molecule has 0 unspecified atom stereocenters. The average Bonchev–Trinajstić information content (AvgIpc) is 2.66. The second-order valence-electron chi connectivity index (χ2n) is 6.61. The second-order valence-corrected chi connectivity index (χ2v) is 6.61. The maximum Gasteiger partial charge on any atom is 0.205 e. The standard InChI is InChI=1S/C22H19N3O/c1-25(2)15-10-11-18-20(12-15)26-22(24)19(13-23)21(18)17-9-5-7-14-6-3-4-8-16(14)17/h3-12,21H,24H2,1-2H3/t21-/m0/s1. The summed E-state index contributed by atoms with van der Waals surface area (Å²) < 4.78 is 5.80. The normalized spacial score (nSPS) is 16.0. The number of hydrogen-bond donors (Lipinski definition) is 1.